The van der Waals surface area contributed by atoms with E-state index in [0.717, 1.165) is 0 Å². The van der Waals surface area contributed by atoms with Crippen LogP contribution in [0.1, 0.15) is 0 Å². The van der Waals surface area contributed by atoms with Crippen LogP contribution in [0.3, 0.4) is 0 Å². The smallest absolute Gasteiger partial charge is 0.0355 e. The molecule has 0 aliphatic carbocycles. The van der Waals surface area contributed by atoms with E-state index in [-0.39, 0.29) is 0 Å². The van der Waals surface area contributed by atoms with Crippen molar-refractivity contribution in [3.05, 3.63) is 182 Å². The highest BCUT2D eigenvalue weighted by Gasteiger charge is 2.22. The Morgan fingerprint density at radius 2 is 0.857 bits per heavy atom. The van der Waals surface area contributed by atoms with E-state index >= 15 is 0 Å². The van der Waals surface area contributed by atoms with Gasteiger partial charge in [0.05, 0.1) is 0 Å². The van der Waals surface area contributed by atoms with Crippen molar-refractivity contribution in [2.24, 2.45) is 0 Å². The number of benzene rings is 9. The van der Waals surface area contributed by atoms with Gasteiger partial charge in [-0.05, 0) is 95.0 Å². The molecule has 0 aliphatic heterocycles. The molecule has 0 aliphatic rings. The van der Waals surface area contributed by atoms with Crippen LogP contribution in [0, 0.1) is 0 Å². The van der Waals surface area contributed by atoms with Crippen molar-refractivity contribution in [2.75, 3.05) is 0 Å². The van der Waals surface area contributed by atoms with E-state index in [1.807, 2.05) is 11.3 Å². The summed E-state index contributed by atoms with van der Waals surface area (Å²) in [5.74, 6) is 0. The minimum Gasteiger partial charge on any atom is -0.135 e. The van der Waals surface area contributed by atoms with Gasteiger partial charge in [-0.15, -0.1) is 11.3 Å². The fourth-order valence-corrected chi connectivity index (χ4v) is 9.03. The van der Waals surface area contributed by atoms with Gasteiger partial charge in [-0.1, -0.05) is 164 Å². The Hall–Kier alpha value is -6.02. The van der Waals surface area contributed by atoms with E-state index < -0.39 is 0 Å². The summed E-state index contributed by atoms with van der Waals surface area (Å²) >= 11 is 1.87. The summed E-state index contributed by atoms with van der Waals surface area (Å²) < 4.78 is 2.65. The maximum Gasteiger partial charge on any atom is 0.0355 e. The van der Waals surface area contributed by atoms with Crippen LogP contribution >= 0.6 is 11.3 Å². The fourth-order valence-electron chi connectivity index (χ4n) is 7.95. The maximum atomic E-state index is 2.42. The molecular weight excluding hydrogens is 609 g/mol. The number of rotatable bonds is 4. The second kappa shape index (κ2) is 11.3. The van der Waals surface area contributed by atoms with E-state index in [1.165, 1.54) is 97.0 Å². The molecule has 10 rings (SSSR count). The molecule has 1 heteroatoms. The monoisotopic (exact) mass is 638 g/mol. The highest BCUT2D eigenvalue weighted by atomic mass is 32.1. The normalized spacial score (nSPS) is 11.7. The van der Waals surface area contributed by atoms with Gasteiger partial charge in [0, 0.05) is 20.2 Å². The summed E-state index contributed by atoms with van der Waals surface area (Å²) in [5.41, 5.74) is 10.0. The minimum atomic E-state index is 1.22. The molecule has 0 saturated heterocycles. The lowest BCUT2D eigenvalue weighted by atomic mass is 9.80. The fraction of sp³-hybridized carbons (Fsp3) is 0. The lowest BCUT2D eigenvalue weighted by Gasteiger charge is -2.22. The van der Waals surface area contributed by atoms with E-state index in [1.54, 1.807) is 0 Å². The molecule has 0 atom stereocenters. The molecule has 0 unspecified atom stereocenters. The molecule has 10 aromatic rings. The zero-order chi connectivity index (χ0) is 32.3. The van der Waals surface area contributed by atoms with Crippen LogP contribution in [0.25, 0.3) is 97.0 Å². The molecule has 0 bridgehead atoms. The molecule has 0 saturated carbocycles. The molecule has 0 amide bonds. The second-order valence-electron chi connectivity index (χ2n) is 12.8. The van der Waals surface area contributed by atoms with E-state index in [2.05, 4.69) is 182 Å². The highest BCUT2D eigenvalue weighted by Crippen LogP contribution is 2.50. The number of hydrogen-bond acceptors (Lipinski definition) is 1. The van der Waals surface area contributed by atoms with Crippen LogP contribution in [0.4, 0.5) is 0 Å². The predicted molar refractivity (Wildman–Crippen MR) is 214 cm³/mol. The molecule has 0 spiro atoms. The van der Waals surface area contributed by atoms with Crippen molar-refractivity contribution in [1.82, 2.24) is 0 Å². The van der Waals surface area contributed by atoms with Gasteiger partial charge in [0.25, 0.3) is 0 Å². The van der Waals surface area contributed by atoms with Crippen molar-refractivity contribution in [3.8, 4) is 44.5 Å². The first kappa shape index (κ1) is 28.0. The third-order valence-electron chi connectivity index (χ3n) is 10.1. The molecular formula is C48H30S. The molecule has 9 aromatic carbocycles. The van der Waals surface area contributed by atoms with Gasteiger partial charge in [0.15, 0.2) is 0 Å². The largest absolute Gasteiger partial charge is 0.135 e. The first-order valence-corrected chi connectivity index (χ1v) is 17.7. The Bertz CT molecular complexity index is 2870. The Labute approximate surface area is 289 Å². The molecule has 228 valence electrons. The summed E-state index contributed by atoms with van der Waals surface area (Å²) in [6.45, 7) is 0. The lowest BCUT2D eigenvalue weighted by molar-refractivity contribution is 1.60. The van der Waals surface area contributed by atoms with Crippen molar-refractivity contribution >= 4 is 63.8 Å². The van der Waals surface area contributed by atoms with Crippen LogP contribution in [0.2, 0.25) is 0 Å². The zero-order valence-corrected chi connectivity index (χ0v) is 27.5. The Morgan fingerprint density at radius 3 is 1.71 bits per heavy atom. The van der Waals surface area contributed by atoms with Crippen LogP contribution in [0.15, 0.2) is 182 Å². The van der Waals surface area contributed by atoms with Crippen LogP contribution < -0.4 is 0 Å². The second-order valence-corrected chi connectivity index (χ2v) is 13.9. The number of thiophene rings is 1. The topological polar surface area (TPSA) is 0 Å². The first-order chi connectivity index (χ1) is 24.3. The molecule has 0 nitrogen and oxygen atoms in total. The van der Waals surface area contributed by atoms with E-state index in [9.17, 15) is 0 Å². The van der Waals surface area contributed by atoms with Gasteiger partial charge >= 0.3 is 0 Å². The summed E-state index contributed by atoms with van der Waals surface area (Å²) in [7, 11) is 0. The molecule has 1 aromatic heterocycles. The van der Waals surface area contributed by atoms with Crippen LogP contribution in [-0.4, -0.2) is 0 Å². The highest BCUT2D eigenvalue weighted by molar-refractivity contribution is 7.25. The van der Waals surface area contributed by atoms with Crippen molar-refractivity contribution < 1.29 is 0 Å². The SMILES string of the molecule is c1ccc(-c2ccccc2-c2c3ccccc3c(-c3cccc4ccccc34)c3cccc(-c4ccc5sc6ccccc6c5c4)c23)cc1. The lowest BCUT2D eigenvalue weighted by Crippen LogP contribution is -1.95. The Balaban J connectivity index is 1.40. The third kappa shape index (κ3) is 4.44. The van der Waals surface area contributed by atoms with Gasteiger partial charge in [-0.25, -0.2) is 0 Å². The Morgan fingerprint density at radius 1 is 0.286 bits per heavy atom. The quantitative estimate of drug-likeness (QED) is 0.168. The zero-order valence-electron chi connectivity index (χ0n) is 26.7. The van der Waals surface area contributed by atoms with E-state index in [4.69, 9.17) is 0 Å². The van der Waals surface area contributed by atoms with Crippen LogP contribution in [0.5, 0.6) is 0 Å². The summed E-state index contributed by atoms with van der Waals surface area (Å²) in [4.78, 5) is 0. The summed E-state index contributed by atoms with van der Waals surface area (Å²) in [5, 5.41) is 10.2. The molecule has 1 heterocycles. The molecule has 0 radical (unpaired) electrons. The van der Waals surface area contributed by atoms with Gasteiger partial charge < -0.3 is 0 Å². The van der Waals surface area contributed by atoms with Gasteiger partial charge in [-0.3, -0.25) is 0 Å². The number of fused-ring (bicyclic) bond motifs is 6. The van der Waals surface area contributed by atoms with Crippen molar-refractivity contribution in [1.29, 1.82) is 0 Å². The molecule has 49 heavy (non-hydrogen) atoms. The number of hydrogen-bond donors (Lipinski definition) is 0. The van der Waals surface area contributed by atoms with Gasteiger partial charge in [-0.2, -0.15) is 0 Å². The Kier molecular flexibility index (Phi) is 6.47. The predicted octanol–water partition coefficient (Wildman–Crippen LogP) is 14.2. The average Bonchev–Trinajstić information content (AvgIpc) is 3.55. The van der Waals surface area contributed by atoms with Crippen molar-refractivity contribution in [3.63, 3.8) is 0 Å². The average molecular weight is 639 g/mol. The summed E-state index contributed by atoms with van der Waals surface area (Å²) in [6.07, 6.45) is 0. The summed E-state index contributed by atoms with van der Waals surface area (Å²) in [6, 6.07) is 67.1. The first-order valence-electron chi connectivity index (χ1n) is 16.9. The third-order valence-corrected chi connectivity index (χ3v) is 11.2. The minimum absolute atomic E-state index is 1.22. The standard InChI is InChI=1S/C48H30S/c1-2-14-31(15-3-1)35-19-6-7-21-39(35)48-41-23-9-8-22-40(41)46(38-25-12-17-32-16-4-5-18-34(32)38)42-26-13-24-36(47(42)48)33-28-29-45-43(30-33)37-20-10-11-27-44(37)49-45/h1-30H. The maximum absolute atomic E-state index is 2.42. The molecule has 0 fully saturated rings. The van der Waals surface area contributed by atoms with Gasteiger partial charge in [0.1, 0.15) is 0 Å². The van der Waals surface area contributed by atoms with E-state index in [0.29, 0.717) is 0 Å². The molecule has 0 N–H and O–H groups in total. The van der Waals surface area contributed by atoms with Gasteiger partial charge in [0.2, 0.25) is 0 Å². The van der Waals surface area contributed by atoms with Crippen LogP contribution in [-0.2, 0) is 0 Å². The van der Waals surface area contributed by atoms with Crippen molar-refractivity contribution in [2.45, 2.75) is 0 Å².